The van der Waals surface area contributed by atoms with Gasteiger partial charge in [-0.1, -0.05) is 11.6 Å². The fourth-order valence-corrected chi connectivity index (χ4v) is 2.26. The smallest absolute Gasteiger partial charge is 0.252 e. The van der Waals surface area contributed by atoms with Gasteiger partial charge in [-0.25, -0.2) is 0 Å². The zero-order chi connectivity index (χ0) is 13.5. The molecule has 1 unspecified atom stereocenters. The van der Waals surface area contributed by atoms with Gasteiger partial charge in [0.05, 0.1) is 18.3 Å². The molecule has 6 heteroatoms. The summed E-state index contributed by atoms with van der Waals surface area (Å²) < 4.78 is 5.44. The lowest BCUT2D eigenvalue weighted by Crippen LogP contribution is -2.28. The van der Waals surface area contributed by atoms with Gasteiger partial charge in [-0.2, -0.15) is 0 Å². The van der Waals surface area contributed by atoms with E-state index >= 15 is 0 Å². The van der Waals surface area contributed by atoms with Crippen LogP contribution in [-0.4, -0.2) is 37.4 Å². The predicted octanol–water partition coefficient (Wildman–Crippen LogP) is 2.23. The molecule has 0 aliphatic carbocycles. The summed E-state index contributed by atoms with van der Waals surface area (Å²) >= 11 is 9.07. The number of hydrogen-bond donors (Lipinski definition) is 2. The van der Waals surface area contributed by atoms with Crippen molar-refractivity contribution >= 4 is 33.4 Å². The molecule has 0 saturated carbocycles. The highest BCUT2D eigenvalue weighted by Crippen LogP contribution is 2.21. The largest absolute Gasteiger partial charge is 0.391 e. The summed E-state index contributed by atoms with van der Waals surface area (Å²) in [5.74, 6) is -0.205. The van der Waals surface area contributed by atoms with Crippen molar-refractivity contribution < 1.29 is 14.6 Å². The van der Waals surface area contributed by atoms with Crippen molar-refractivity contribution in [3.05, 3.63) is 33.3 Å². The Bertz CT molecular complexity index is 414. The molecular weight excluding hydrogens is 321 g/mol. The molecule has 1 aromatic rings. The summed E-state index contributed by atoms with van der Waals surface area (Å²) in [4.78, 5) is 11.8. The number of aliphatic hydroxyl groups is 1. The van der Waals surface area contributed by atoms with E-state index in [9.17, 15) is 9.90 Å². The van der Waals surface area contributed by atoms with Gasteiger partial charge < -0.3 is 15.2 Å². The zero-order valence-corrected chi connectivity index (χ0v) is 12.3. The van der Waals surface area contributed by atoms with E-state index in [-0.39, 0.29) is 12.5 Å². The first-order chi connectivity index (χ1) is 8.54. The molecule has 0 fully saturated rings. The van der Waals surface area contributed by atoms with E-state index in [0.717, 1.165) is 0 Å². The molecule has 4 nitrogen and oxygen atoms in total. The molecule has 0 aromatic heterocycles. The number of benzene rings is 1. The number of carbonyl (C=O) groups is 1. The first-order valence-electron chi connectivity index (χ1n) is 5.45. The standard InChI is InChI=1S/C12H15BrClNO3/c1-18-7-9(16)4-5-15-12(17)10-3-2-8(14)6-11(10)13/h2-3,6,9,16H,4-5,7H2,1H3,(H,15,17). The Balaban J connectivity index is 2.45. The number of carbonyl (C=O) groups excluding carboxylic acids is 1. The van der Waals surface area contributed by atoms with Crippen LogP contribution in [0.15, 0.2) is 22.7 Å². The van der Waals surface area contributed by atoms with E-state index < -0.39 is 6.10 Å². The van der Waals surface area contributed by atoms with E-state index in [1.54, 1.807) is 18.2 Å². The molecule has 18 heavy (non-hydrogen) atoms. The second-order valence-corrected chi connectivity index (χ2v) is 5.07. The Morgan fingerprint density at radius 2 is 2.33 bits per heavy atom. The van der Waals surface area contributed by atoms with Gasteiger partial charge >= 0.3 is 0 Å². The van der Waals surface area contributed by atoms with Gasteiger partial charge in [-0.3, -0.25) is 4.79 Å². The van der Waals surface area contributed by atoms with Crippen LogP contribution in [0.5, 0.6) is 0 Å². The van der Waals surface area contributed by atoms with Crippen LogP contribution in [0.25, 0.3) is 0 Å². The molecule has 100 valence electrons. The summed E-state index contributed by atoms with van der Waals surface area (Å²) in [6.45, 7) is 0.652. The van der Waals surface area contributed by atoms with Crippen LogP contribution in [0.4, 0.5) is 0 Å². The van der Waals surface area contributed by atoms with Crippen LogP contribution in [0.3, 0.4) is 0 Å². The van der Waals surface area contributed by atoms with E-state index in [1.807, 2.05) is 0 Å². The Morgan fingerprint density at radius 1 is 1.61 bits per heavy atom. The molecule has 1 rings (SSSR count). The second kappa shape index (κ2) is 7.74. The molecule has 1 atom stereocenters. The minimum Gasteiger partial charge on any atom is -0.391 e. The highest BCUT2D eigenvalue weighted by molar-refractivity contribution is 9.10. The molecule has 0 spiro atoms. The molecule has 0 saturated heterocycles. The third-order valence-corrected chi connectivity index (χ3v) is 3.19. The average molecular weight is 337 g/mol. The Hall–Kier alpha value is -0.620. The lowest BCUT2D eigenvalue weighted by Gasteiger charge is -2.10. The summed E-state index contributed by atoms with van der Waals surface area (Å²) in [6, 6.07) is 4.96. The summed E-state index contributed by atoms with van der Waals surface area (Å²) in [5, 5.41) is 12.7. The monoisotopic (exact) mass is 335 g/mol. The zero-order valence-electron chi connectivity index (χ0n) is 9.95. The van der Waals surface area contributed by atoms with Gasteiger partial charge in [0.1, 0.15) is 0 Å². The Labute approximate surface area is 119 Å². The molecule has 0 bridgehead atoms. The van der Waals surface area contributed by atoms with E-state index in [1.165, 1.54) is 7.11 Å². The van der Waals surface area contributed by atoms with Crippen molar-refractivity contribution in [2.24, 2.45) is 0 Å². The van der Waals surface area contributed by atoms with Gasteiger partial charge in [0, 0.05) is 23.1 Å². The first-order valence-corrected chi connectivity index (χ1v) is 6.62. The first kappa shape index (κ1) is 15.4. The van der Waals surface area contributed by atoms with Crippen molar-refractivity contribution in [2.45, 2.75) is 12.5 Å². The van der Waals surface area contributed by atoms with Crippen molar-refractivity contribution in [2.75, 3.05) is 20.3 Å². The highest BCUT2D eigenvalue weighted by Gasteiger charge is 2.10. The fourth-order valence-electron chi connectivity index (χ4n) is 1.40. The topological polar surface area (TPSA) is 58.6 Å². The number of amides is 1. The number of rotatable bonds is 6. The van der Waals surface area contributed by atoms with Crippen molar-refractivity contribution in [1.82, 2.24) is 5.32 Å². The molecule has 1 aromatic carbocycles. The molecular formula is C12H15BrClNO3. The van der Waals surface area contributed by atoms with Crippen LogP contribution >= 0.6 is 27.5 Å². The predicted molar refractivity (Wildman–Crippen MR) is 74.0 cm³/mol. The molecule has 2 N–H and O–H groups in total. The lowest BCUT2D eigenvalue weighted by atomic mass is 10.2. The average Bonchev–Trinajstić information content (AvgIpc) is 2.29. The summed E-state index contributed by atoms with van der Waals surface area (Å²) in [6.07, 6.45) is -0.117. The van der Waals surface area contributed by atoms with Crippen molar-refractivity contribution in [1.29, 1.82) is 0 Å². The summed E-state index contributed by atoms with van der Waals surface area (Å²) in [5.41, 5.74) is 0.514. The van der Waals surface area contributed by atoms with Gasteiger partial charge in [0.2, 0.25) is 0 Å². The number of nitrogens with one attached hydrogen (secondary N) is 1. The molecule has 0 aliphatic rings. The summed E-state index contributed by atoms with van der Waals surface area (Å²) in [7, 11) is 1.52. The molecule has 0 heterocycles. The van der Waals surface area contributed by atoms with E-state index in [2.05, 4.69) is 21.2 Å². The molecule has 1 amide bonds. The third-order valence-electron chi connectivity index (χ3n) is 2.30. The molecule has 0 radical (unpaired) electrons. The number of ether oxygens (including phenoxy) is 1. The van der Waals surface area contributed by atoms with Crippen LogP contribution < -0.4 is 5.32 Å². The van der Waals surface area contributed by atoms with Gasteiger partial charge in [-0.05, 0) is 40.5 Å². The maximum atomic E-state index is 11.8. The number of hydrogen-bond acceptors (Lipinski definition) is 3. The number of methoxy groups -OCH3 is 1. The van der Waals surface area contributed by atoms with E-state index in [0.29, 0.717) is 28.0 Å². The number of halogens is 2. The maximum absolute atomic E-state index is 11.8. The van der Waals surface area contributed by atoms with Crippen molar-refractivity contribution in [3.63, 3.8) is 0 Å². The maximum Gasteiger partial charge on any atom is 0.252 e. The van der Waals surface area contributed by atoms with Crippen molar-refractivity contribution in [3.8, 4) is 0 Å². The van der Waals surface area contributed by atoms with Crippen LogP contribution in [-0.2, 0) is 4.74 Å². The third kappa shape index (κ3) is 4.94. The quantitative estimate of drug-likeness (QED) is 0.837. The van der Waals surface area contributed by atoms with Gasteiger partial charge in [0.25, 0.3) is 5.91 Å². The second-order valence-electron chi connectivity index (χ2n) is 3.78. The SMILES string of the molecule is COCC(O)CCNC(=O)c1ccc(Cl)cc1Br. The van der Waals surface area contributed by atoms with Gasteiger partial charge in [0.15, 0.2) is 0 Å². The van der Waals surface area contributed by atoms with Crippen LogP contribution in [0.1, 0.15) is 16.8 Å². The molecule has 0 aliphatic heterocycles. The number of aliphatic hydroxyl groups excluding tert-OH is 1. The van der Waals surface area contributed by atoms with E-state index in [4.69, 9.17) is 16.3 Å². The lowest BCUT2D eigenvalue weighted by molar-refractivity contribution is 0.0587. The Kier molecular flexibility index (Phi) is 6.63. The Morgan fingerprint density at radius 3 is 2.94 bits per heavy atom. The minimum absolute atomic E-state index is 0.205. The normalized spacial score (nSPS) is 12.2. The highest BCUT2D eigenvalue weighted by atomic mass is 79.9. The van der Waals surface area contributed by atoms with Gasteiger partial charge in [-0.15, -0.1) is 0 Å². The van der Waals surface area contributed by atoms with Crippen LogP contribution in [0, 0.1) is 0 Å². The fraction of sp³-hybridized carbons (Fsp3) is 0.417. The van der Waals surface area contributed by atoms with Crippen LogP contribution in [0.2, 0.25) is 5.02 Å². The minimum atomic E-state index is -0.566.